The average Bonchev–Trinajstić information content (AvgIpc) is 2.72. The molecule has 0 fully saturated rings. The minimum absolute atomic E-state index is 0. The van der Waals surface area contributed by atoms with Crippen LogP contribution in [0, 0.1) is 5.82 Å². The van der Waals surface area contributed by atoms with Crippen LogP contribution in [0.5, 0.6) is 11.5 Å². The van der Waals surface area contributed by atoms with Crippen molar-refractivity contribution in [2.75, 3.05) is 13.7 Å². The molecular formula is C23H23Cl3FNO2. The van der Waals surface area contributed by atoms with E-state index in [2.05, 4.69) is 5.32 Å². The summed E-state index contributed by atoms with van der Waals surface area (Å²) in [6, 6.07) is 17.7. The third-order valence-electron chi connectivity index (χ3n) is 4.49. The smallest absolute Gasteiger partial charge is 0.166 e. The van der Waals surface area contributed by atoms with Crippen LogP contribution in [0.3, 0.4) is 0 Å². The van der Waals surface area contributed by atoms with Gasteiger partial charge in [0, 0.05) is 27.7 Å². The maximum absolute atomic E-state index is 13.0. The van der Waals surface area contributed by atoms with Crippen molar-refractivity contribution in [3.63, 3.8) is 0 Å². The first-order chi connectivity index (χ1) is 14.1. The van der Waals surface area contributed by atoms with Gasteiger partial charge in [-0.3, -0.25) is 0 Å². The molecule has 0 bridgehead atoms. The van der Waals surface area contributed by atoms with E-state index in [-0.39, 0.29) is 18.2 Å². The van der Waals surface area contributed by atoms with Crippen molar-refractivity contribution in [2.24, 2.45) is 0 Å². The molecule has 3 rings (SSSR count). The van der Waals surface area contributed by atoms with Crippen molar-refractivity contribution in [3.05, 3.63) is 93.2 Å². The van der Waals surface area contributed by atoms with Crippen LogP contribution in [0.25, 0.3) is 0 Å². The summed E-state index contributed by atoms with van der Waals surface area (Å²) in [6.45, 7) is 1.67. The third-order valence-corrected chi connectivity index (χ3v) is 5.07. The lowest BCUT2D eigenvalue weighted by atomic mass is 10.1. The molecule has 0 saturated carbocycles. The summed E-state index contributed by atoms with van der Waals surface area (Å²) in [4.78, 5) is 0. The number of halogens is 4. The molecule has 0 aliphatic heterocycles. The van der Waals surface area contributed by atoms with Gasteiger partial charge in [0.05, 0.1) is 7.11 Å². The van der Waals surface area contributed by atoms with E-state index in [1.807, 2.05) is 24.3 Å². The van der Waals surface area contributed by atoms with Gasteiger partial charge in [0.2, 0.25) is 0 Å². The second-order valence-corrected chi connectivity index (χ2v) is 7.37. The highest BCUT2D eigenvalue weighted by Crippen LogP contribution is 2.32. The van der Waals surface area contributed by atoms with Gasteiger partial charge in [-0.2, -0.15) is 0 Å². The summed E-state index contributed by atoms with van der Waals surface area (Å²) < 4.78 is 24.5. The summed E-state index contributed by atoms with van der Waals surface area (Å²) in [5, 5.41) is 4.55. The van der Waals surface area contributed by atoms with E-state index in [9.17, 15) is 4.39 Å². The van der Waals surface area contributed by atoms with Crippen LogP contribution in [0.2, 0.25) is 10.0 Å². The molecular weight excluding hydrogens is 448 g/mol. The summed E-state index contributed by atoms with van der Waals surface area (Å²) in [6.07, 6.45) is 0.806. The van der Waals surface area contributed by atoms with Gasteiger partial charge in [0.25, 0.3) is 0 Å². The molecule has 0 aliphatic carbocycles. The van der Waals surface area contributed by atoms with Gasteiger partial charge in [-0.1, -0.05) is 53.5 Å². The van der Waals surface area contributed by atoms with E-state index in [0.717, 1.165) is 29.7 Å². The van der Waals surface area contributed by atoms with Crippen molar-refractivity contribution in [1.82, 2.24) is 5.32 Å². The first kappa shape index (κ1) is 24.3. The van der Waals surface area contributed by atoms with E-state index < -0.39 is 0 Å². The molecule has 0 amide bonds. The van der Waals surface area contributed by atoms with Gasteiger partial charge in [-0.05, 0) is 48.9 Å². The fraction of sp³-hybridized carbons (Fsp3) is 0.217. The molecule has 7 heteroatoms. The van der Waals surface area contributed by atoms with Gasteiger partial charge < -0.3 is 14.8 Å². The highest BCUT2D eigenvalue weighted by atomic mass is 35.5. The van der Waals surface area contributed by atoms with Gasteiger partial charge in [0.1, 0.15) is 12.4 Å². The third kappa shape index (κ3) is 6.78. The number of hydrogen-bond acceptors (Lipinski definition) is 3. The molecule has 30 heavy (non-hydrogen) atoms. The lowest BCUT2D eigenvalue weighted by Gasteiger charge is -2.16. The number of ether oxygens (including phenoxy) is 2. The second-order valence-electron chi connectivity index (χ2n) is 6.53. The van der Waals surface area contributed by atoms with Crippen LogP contribution in [0.1, 0.15) is 16.7 Å². The molecule has 160 valence electrons. The van der Waals surface area contributed by atoms with Crippen molar-refractivity contribution in [1.29, 1.82) is 0 Å². The van der Waals surface area contributed by atoms with Gasteiger partial charge >= 0.3 is 0 Å². The summed E-state index contributed by atoms with van der Waals surface area (Å²) in [7, 11) is 1.61. The normalized spacial score (nSPS) is 10.4. The molecule has 3 aromatic rings. The molecule has 1 N–H and O–H groups in total. The van der Waals surface area contributed by atoms with Gasteiger partial charge in [-0.25, -0.2) is 4.39 Å². The molecule has 0 unspecified atom stereocenters. The first-order valence-electron chi connectivity index (χ1n) is 9.24. The second kappa shape index (κ2) is 12.0. The number of hydrogen-bond donors (Lipinski definition) is 1. The van der Waals surface area contributed by atoms with Crippen LogP contribution >= 0.6 is 35.6 Å². The predicted octanol–water partition coefficient (Wildman–Crippen LogP) is 6.47. The Bertz CT molecular complexity index is 952. The minimum Gasteiger partial charge on any atom is -0.493 e. The Hall–Kier alpha value is -1.98. The highest BCUT2D eigenvalue weighted by Gasteiger charge is 2.12. The van der Waals surface area contributed by atoms with Crippen LogP contribution in [-0.2, 0) is 19.6 Å². The number of benzene rings is 3. The van der Waals surface area contributed by atoms with E-state index in [1.165, 1.54) is 12.1 Å². The number of methoxy groups -OCH3 is 1. The average molecular weight is 471 g/mol. The van der Waals surface area contributed by atoms with E-state index in [1.54, 1.807) is 31.4 Å². The molecule has 0 saturated heterocycles. The molecule has 0 aliphatic rings. The monoisotopic (exact) mass is 469 g/mol. The Labute approximate surface area is 192 Å². The van der Waals surface area contributed by atoms with Crippen molar-refractivity contribution < 1.29 is 13.9 Å². The molecule has 0 aromatic heterocycles. The van der Waals surface area contributed by atoms with Crippen LogP contribution < -0.4 is 14.8 Å². The SMILES string of the molecule is COc1cccc(CNCCc2ccc(F)cc2)c1OCc1ccc(Cl)cc1Cl.Cl. The number of para-hydroxylation sites is 1. The Morgan fingerprint density at radius 2 is 1.73 bits per heavy atom. The lowest BCUT2D eigenvalue weighted by Crippen LogP contribution is -2.17. The largest absolute Gasteiger partial charge is 0.493 e. The van der Waals surface area contributed by atoms with Crippen LogP contribution in [0.15, 0.2) is 60.7 Å². The summed E-state index contributed by atoms with van der Waals surface area (Å²) in [5.41, 5.74) is 2.91. The molecule has 3 nitrogen and oxygen atoms in total. The van der Waals surface area contributed by atoms with Crippen LogP contribution in [-0.4, -0.2) is 13.7 Å². The number of rotatable bonds is 9. The van der Waals surface area contributed by atoms with Gasteiger partial charge in [-0.15, -0.1) is 12.4 Å². The maximum Gasteiger partial charge on any atom is 0.166 e. The summed E-state index contributed by atoms with van der Waals surface area (Å²) >= 11 is 12.2. The predicted molar refractivity (Wildman–Crippen MR) is 123 cm³/mol. The summed E-state index contributed by atoms with van der Waals surface area (Å²) in [5.74, 6) is 1.11. The van der Waals surface area contributed by atoms with Crippen molar-refractivity contribution in [2.45, 2.75) is 19.6 Å². The Morgan fingerprint density at radius 1 is 0.967 bits per heavy atom. The molecule has 0 atom stereocenters. The highest BCUT2D eigenvalue weighted by molar-refractivity contribution is 6.35. The molecule has 0 heterocycles. The van der Waals surface area contributed by atoms with Crippen molar-refractivity contribution >= 4 is 35.6 Å². The Kier molecular flexibility index (Phi) is 9.73. The Morgan fingerprint density at radius 3 is 2.43 bits per heavy atom. The zero-order chi connectivity index (χ0) is 20.6. The topological polar surface area (TPSA) is 30.5 Å². The van der Waals surface area contributed by atoms with E-state index >= 15 is 0 Å². The van der Waals surface area contributed by atoms with E-state index in [4.69, 9.17) is 32.7 Å². The zero-order valence-electron chi connectivity index (χ0n) is 16.5. The fourth-order valence-corrected chi connectivity index (χ4v) is 3.38. The maximum atomic E-state index is 13.0. The quantitative estimate of drug-likeness (QED) is 0.363. The standard InChI is InChI=1S/C23H22Cl2FNO2.ClH/c1-28-22-4-2-3-17(14-27-12-11-16-5-9-20(26)10-6-16)23(22)29-15-18-7-8-19(24)13-21(18)25;/h2-10,13,27H,11-12,14-15H2,1H3;1H. The molecule has 0 radical (unpaired) electrons. The van der Waals surface area contributed by atoms with Crippen LogP contribution in [0.4, 0.5) is 4.39 Å². The number of nitrogens with one attached hydrogen (secondary N) is 1. The van der Waals surface area contributed by atoms with E-state index in [0.29, 0.717) is 34.7 Å². The Balaban J connectivity index is 0.00000320. The lowest BCUT2D eigenvalue weighted by molar-refractivity contribution is 0.281. The molecule has 0 spiro atoms. The molecule has 3 aromatic carbocycles. The van der Waals surface area contributed by atoms with Gasteiger partial charge in [0.15, 0.2) is 11.5 Å². The van der Waals surface area contributed by atoms with Crippen molar-refractivity contribution in [3.8, 4) is 11.5 Å². The zero-order valence-corrected chi connectivity index (χ0v) is 18.8. The first-order valence-corrected chi connectivity index (χ1v) is 10.00. The fourth-order valence-electron chi connectivity index (χ4n) is 2.92. The minimum atomic E-state index is -0.222.